The molecule has 0 aromatic carbocycles. The van der Waals surface area contributed by atoms with E-state index in [4.69, 9.17) is 18.3 Å². The summed E-state index contributed by atoms with van der Waals surface area (Å²) in [5, 5.41) is 0. The van der Waals surface area contributed by atoms with E-state index in [9.17, 15) is 14.4 Å². The topological polar surface area (TPSA) is 88.1 Å². The normalized spacial score (nSPS) is 11.1. The van der Waals surface area contributed by atoms with Crippen LogP contribution in [0.3, 0.4) is 0 Å². The minimum atomic E-state index is -1.95. The number of carbonyl (C=O) groups excluding carboxylic acids is 3. The highest BCUT2D eigenvalue weighted by Crippen LogP contribution is 2.26. The number of rotatable bonds is 16. The van der Waals surface area contributed by atoms with Crippen molar-refractivity contribution in [3.05, 3.63) is 36.5 Å². The predicted molar refractivity (Wildman–Crippen MR) is 152 cm³/mol. The van der Waals surface area contributed by atoms with Crippen LogP contribution in [0, 0.1) is 0 Å². The van der Waals surface area contributed by atoms with E-state index >= 15 is 0 Å². The highest BCUT2D eigenvalue weighted by molar-refractivity contribution is 6.84. The summed E-state index contributed by atoms with van der Waals surface area (Å²) >= 11 is 0. The van der Waals surface area contributed by atoms with E-state index in [0.717, 1.165) is 47.6 Å². The standard InChI is InChI=1S/C18H34O5Si2.C7H14O2Si/c1-15(2)17(19)21-11-9-13-25(8,23-24(5,6)7)14-10-12-22-18(20)16(3)4;1-3-4-9-7(8)6(2)5-10/h1,3,9-14H2,2,4-8H3;2-5H2,1,10H3. The summed E-state index contributed by atoms with van der Waals surface area (Å²) in [6.07, 6.45) is 2.43. The van der Waals surface area contributed by atoms with Gasteiger partial charge in [-0.1, -0.05) is 26.7 Å². The Bertz CT molecular complexity index is 693. The van der Waals surface area contributed by atoms with Gasteiger partial charge in [-0.2, -0.15) is 0 Å². The Kier molecular flexibility index (Phi) is 18.7. The highest BCUT2D eigenvalue weighted by atomic mass is 28.4. The fraction of sp³-hybridized carbons (Fsp3) is 0.640. The second kappa shape index (κ2) is 18.5. The van der Waals surface area contributed by atoms with E-state index < -0.39 is 16.6 Å². The Hall–Kier alpha value is -1.76. The van der Waals surface area contributed by atoms with Crippen LogP contribution in [0.1, 0.15) is 40.0 Å². The first kappa shape index (κ1) is 35.4. The molecule has 7 nitrogen and oxygen atoms in total. The van der Waals surface area contributed by atoms with Crippen molar-refractivity contribution in [2.45, 2.75) is 84.4 Å². The van der Waals surface area contributed by atoms with Crippen molar-refractivity contribution >= 4 is 44.8 Å². The molecule has 0 saturated heterocycles. The molecule has 0 aromatic heterocycles. The van der Waals surface area contributed by atoms with Crippen LogP contribution >= 0.6 is 0 Å². The molecular formula is C25H48O7Si3. The third kappa shape index (κ3) is 20.2. The van der Waals surface area contributed by atoms with E-state index in [1.165, 1.54) is 0 Å². The van der Waals surface area contributed by atoms with Gasteiger partial charge >= 0.3 is 17.9 Å². The second-order valence-corrected chi connectivity index (χ2v) is 19.4. The van der Waals surface area contributed by atoms with Crippen LogP contribution in [0.15, 0.2) is 36.5 Å². The largest absolute Gasteiger partial charge is 0.462 e. The molecule has 0 N–H and O–H groups in total. The van der Waals surface area contributed by atoms with Crippen LogP contribution in [-0.2, 0) is 32.7 Å². The van der Waals surface area contributed by atoms with E-state index in [0.29, 0.717) is 36.5 Å². The zero-order valence-electron chi connectivity index (χ0n) is 23.3. The molecule has 0 aliphatic heterocycles. The Morgan fingerprint density at radius 3 is 1.46 bits per heavy atom. The number of carbonyl (C=O) groups is 3. The molecule has 0 aliphatic rings. The van der Waals surface area contributed by atoms with Gasteiger partial charge in [-0.15, -0.1) is 0 Å². The lowest BCUT2D eigenvalue weighted by molar-refractivity contribution is -0.139. The average molecular weight is 545 g/mol. The molecule has 0 spiro atoms. The van der Waals surface area contributed by atoms with Crippen LogP contribution in [0.4, 0.5) is 0 Å². The Balaban J connectivity index is 0. The van der Waals surface area contributed by atoms with Gasteiger partial charge in [-0.05, 0) is 77.4 Å². The van der Waals surface area contributed by atoms with Gasteiger partial charge in [-0.3, -0.25) is 0 Å². The van der Waals surface area contributed by atoms with Crippen molar-refractivity contribution in [1.82, 2.24) is 0 Å². The van der Waals surface area contributed by atoms with Crippen molar-refractivity contribution in [2.24, 2.45) is 0 Å². The molecule has 0 amide bonds. The first-order chi connectivity index (χ1) is 16.1. The summed E-state index contributed by atoms with van der Waals surface area (Å²) in [6, 6.07) is 2.63. The highest BCUT2D eigenvalue weighted by Gasteiger charge is 2.33. The van der Waals surface area contributed by atoms with Crippen LogP contribution in [0.2, 0.25) is 44.3 Å². The van der Waals surface area contributed by atoms with Crippen LogP contribution in [0.25, 0.3) is 0 Å². The quantitative estimate of drug-likeness (QED) is 0.0914. The van der Waals surface area contributed by atoms with Gasteiger partial charge in [0.1, 0.15) is 0 Å². The molecule has 0 rings (SSSR count). The zero-order chi connectivity index (χ0) is 27.7. The van der Waals surface area contributed by atoms with E-state index in [1.807, 2.05) is 6.92 Å². The fourth-order valence-electron chi connectivity index (χ4n) is 2.88. The third-order valence-corrected chi connectivity index (χ3v) is 12.7. The van der Waals surface area contributed by atoms with Gasteiger partial charge < -0.3 is 18.3 Å². The second-order valence-electron chi connectivity index (χ2n) is 9.80. The smallest absolute Gasteiger partial charge is 0.333 e. The third-order valence-electron chi connectivity index (χ3n) is 4.57. The zero-order valence-corrected chi connectivity index (χ0v) is 27.3. The molecule has 0 heterocycles. The van der Waals surface area contributed by atoms with Crippen molar-refractivity contribution in [1.29, 1.82) is 0 Å². The monoisotopic (exact) mass is 544 g/mol. The number of hydrogen-bond acceptors (Lipinski definition) is 7. The number of ether oxygens (including phenoxy) is 3. The van der Waals surface area contributed by atoms with Gasteiger partial charge in [0.2, 0.25) is 0 Å². The first-order valence-corrected chi connectivity index (χ1v) is 19.9. The molecule has 0 bridgehead atoms. The molecule has 10 heteroatoms. The van der Waals surface area contributed by atoms with Gasteiger partial charge in [0.05, 0.1) is 19.8 Å². The average Bonchev–Trinajstić information content (AvgIpc) is 2.76. The summed E-state index contributed by atoms with van der Waals surface area (Å²) < 4.78 is 21.7. The molecule has 202 valence electrons. The molecule has 0 radical (unpaired) electrons. The van der Waals surface area contributed by atoms with Crippen LogP contribution < -0.4 is 0 Å². The Morgan fingerprint density at radius 2 is 1.14 bits per heavy atom. The molecule has 0 saturated carbocycles. The van der Waals surface area contributed by atoms with Crippen molar-refractivity contribution in [3.8, 4) is 0 Å². The lowest BCUT2D eigenvalue weighted by Crippen LogP contribution is -2.44. The number of esters is 3. The van der Waals surface area contributed by atoms with Gasteiger partial charge in [0.25, 0.3) is 0 Å². The van der Waals surface area contributed by atoms with Gasteiger partial charge in [0, 0.05) is 27.0 Å². The lowest BCUT2D eigenvalue weighted by atomic mass is 10.3. The number of hydrogen-bond donors (Lipinski definition) is 0. The fourth-order valence-corrected chi connectivity index (χ4v) is 11.9. The van der Waals surface area contributed by atoms with Gasteiger partial charge in [-0.25, -0.2) is 14.4 Å². The van der Waals surface area contributed by atoms with Crippen LogP contribution in [-0.4, -0.2) is 64.6 Å². The molecule has 0 aliphatic carbocycles. The molecule has 0 unspecified atom stereocenters. The first-order valence-electron chi connectivity index (χ1n) is 12.3. The maximum Gasteiger partial charge on any atom is 0.333 e. The van der Waals surface area contributed by atoms with Crippen LogP contribution in [0.5, 0.6) is 0 Å². The van der Waals surface area contributed by atoms with E-state index in [1.54, 1.807) is 13.8 Å². The SMILES string of the molecule is C=C(C)C(=O)OCCC[Si](C)(CCCOC(=O)C(=C)C)O[Si](C)(C)C.C=C(C[SiH3])C(=O)OCCC. The van der Waals surface area contributed by atoms with E-state index in [2.05, 4.69) is 45.9 Å². The molecule has 0 atom stereocenters. The summed E-state index contributed by atoms with van der Waals surface area (Å²) in [5.74, 6) is -0.917. The molecule has 0 fully saturated rings. The maximum absolute atomic E-state index is 11.4. The van der Waals surface area contributed by atoms with Crippen molar-refractivity contribution in [3.63, 3.8) is 0 Å². The van der Waals surface area contributed by atoms with Crippen molar-refractivity contribution < 1.29 is 32.7 Å². The van der Waals surface area contributed by atoms with E-state index in [-0.39, 0.29) is 17.9 Å². The molecule has 35 heavy (non-hydrogen) atoms. The Morgan fingerprint density at radius 1 is 0.743 bits per heavy atom. The summed E-state index contributed by atoms with van der Waals surface area (Å²) in [5.41, 5.74) is 1.44. The van der Waals surface area contributed by atoms with Crippen molar-refractivity contribution in [2.75, 3.05) is 19.8 Å². The summed E-state index contributed by atoms with van der Waals surface area (Å²) in [6.45, 7) is 26.0. The molecular weight excluding hydrogens is 497 g/mol. The van der Waals surface area contributed by atoms with Gasteiger partial charge in [0.15, 0.2) is 16.6 Å². The molecule has 0 aromatic rings. The maximum atomic E-state index is 11.4. The minimum Gasteiger partial charge on any atom is -0.462 e. The summed E-state index contributed by atoms with van der Waals surface area (Å²) in [7, 11) is -2.64. The Labute approximate surface area is 218 Å². The lowest BCUT2D eigenvalue weighted by Gasteiger charge is -2.34. The predicted octanol–water partition coefficient (Wildman–Crippen LogP) is 4.71. The minimum absolute atomic E-state index is 0.225. The summed E-state index contributed by atoms with van der Waals surface area (Å²) in [4.78, 5) is 33.7.